The smallest absolute Gasteiger partial charge is 0.348 e. The largest absolute Gasteiger partial charge is 0.386 e. The van der Waals surface area contributed by atoms with Crippen LogP contribution in [0.3, 0.4) is 0 Å². The number of carbonyl (C=O) groups excluding carboxylic acids is 2. The lowest BCUT2D eigenvalue weighted by molar-refractivity contribution is 0.0381. The number of hydrogen-bond acceptors (Lipinski definition) is 3. The van der Waals surface area contributed by atoms with Crippen molar-refractivity contribution in [2.24, 2.45) is 0 Å². The molecule has 0 spiro atoms. The standard InChI is InChI=1S/C8H2Br2O3/c9-4-2-1-3-6(10)5(4)8(12)13-7(3)11/h1-2H. The zero-order valence-electron chi connectivity index (χ0n) is 6.14. The second-order valence-corrected chi connectivity index (χ2v) is 4.11. The van der Waals surface area contributed by atoms with Crippen molar-refractivity contribution in [3.05, 3.63) is 32.2 Å². The molecule has 5 heteroatoms. The monoisotopic (exact) mass is 304 g/mol. The maximum absolute atomic E-state index is 11.2. The van der Waals surface area contributed by atoms with E-state index in [2.05, 4.69) is 36.6 Å². The maximum Gasteiger partial charge on any atom is 0.348 e. The summed E-state index contributed by atoms with van der Waals surface area (Å²) in [5.74, 6) is -1.24. The summed E-state index contributed by atoms with van der Waals surface area (Å²) in [6, 6.07) is 3.24. The first-order valence-electron chi connectivity index (χ1n) is 3.36. The molecule has 1 aromatic carbocycles. The van der Waals surface area contributed by atoms with Crippen molar-refractivity contribution in [1.29, 1.82) is 0 Å². The van der Waals surface area contributed by atoms with Crippen LogP contribution in [0.5, 0.6) is 0 Å². The molecule has 13 heavy (non-hydrogen) atoms. The Morgan fingerprint density at radius 2 is 1.77 bits per heavy atom. The molecule has 0 atom stereocenters. The molecule has 0 amide bonds. The van der Waals surface area contributed by atoms with Crippen LogP contribution in [0.4, 0.5) is 0 Å². The summed E-state index contributed by atoms with van der Waals surface area (Å²) < 4.78 is 5.59. The van der Waals surface area contributed by atoms with Crippen LogP contribution in [-0.4, -0.2) is 11.9 Å². The van der Waals surface area contributed by atoms with Crippen molar-refractivity contribution in [3.8, 4) is 0 Å². The summed E-state index contributed by atoms with van der Waals surface area (Å²) in [7, 11) is 0. The Labute approximate surface area is 90.3 Å². The van der Waals surface area contributed by atoms with E-state index in [9.17, 15) is 9.59 Å². The van der Waals surface area contributed by atoms with Crippen molar-refractivity contribution in [3.63, 3.8) is 0 Å². The Morgan fingerprint density at radius 1 is 1.08 bits per heavy atom. The van der Waals surface area contributed by atoms with Gasteiger partial charge in [0.15, 0.2) is 0 Å². The van der Waals surface area contributed by atoms with Gasteiger partial charge in [-0.3, -0.25) is 0 Å². The van der Waals surface area contributed by atoms with E-state index in [-0.39, 0.29) is 0 Å². The summed E-state index contributed by atoms with van der Waals surface area (Å²) in [6.45, 7) is 0. The fraction of sp³-hybridized carbons (Fsp3) is 0. The van der Waals surface area contributed by atoms with E-state index in [4.69, 9.17) is 0 Å². The first-order valence-corrected chi connectivity index (χ1v) is 4.94. The number of carbonyl (C=O) groups is 2. The van der Waals surface area contributed by atoms with Crippen molar-refractivity contribution in [2.45, 2.75) is 0 Å². The van der Waals surface area contributed by atoms with E-state index in [1.165, 1.54) is 0 Å². The lowest BCUT2D eigenvalue weighted by atomic mass is 10.1. The van der Waals surface area contributed by atoms with E-state index in [0.717, 1.165) is 0 Å². The van der Waals surface area contributed by atoms with Crippen LogP contribution in [0.25, 0.3) is 0 Å². The number of fused-ring (bicyclic) bond motifs is 2. The molecule has 0 unspecified atom stereocenters. The van der Waals surface area contributed by atoms with Crippen LogP contribution in [-0.2, 0) is 4.74 Å². The van der Waals surface area contributed by atoms with Gasteiger partial charge in [-0.25, -0.2) is 9.59 Å². The van der Waals surface area contributed by atoms with E-state index in [1.807, 2.05) is 0 Å². The predicted octanol–water partition coefficient (Wildman–Crippen LogP) is 2.52. The van der Waals surface area contributed by atoms with Crippen LogP contribution < -0.4 is 0 Å². The molecule has 0 fully saturated rings. The predicted molar refractivity (Wildman–Crippen MR) is 51.6 cm³/mol. The van der Waals surface area contributed by atoms with Crippen molar-refractivity contribution in [1.82, 2.24) is 0 Å². The molecule has 0 N–H and O–H groups in total. The Bertz CT molecular complexity index is 426. The Kier molecular flexibility index (Phi) is 2.00. The highest BCUT2D eigenvalue weighted by atomic mass is 79.9. The van der Waals surface area contributed by atoms with Crippen LogP contribution in [0, 0.1) is 0 Å². The number of ether oxygens (including phenoxy) is 1. The molecule has 0 saturated heterocycles. The van der Waals surface area contributed by atoms with Gasteiger partial charge in [0, 0.05) is 8.95 Å². The van der Waals surface area contributed by atoms with Crippen molar-refractivity contribution in [2.75, 3.05) is 0 Å². The molecule has 66 valence electrons. The molecule has 1 aliphatic rings. The Morgan fingerprint density at radius 3 is 2.46 bits per heavy atom. The van der Waals surface area contributed by atoms with E-state index < -0.39 is 11.9 Å². The molecule has 1 heterocycles. The van der Waals surface area contributed by atoms with Crippen LogP contribution in [0.1, 0.15) is 20.7 Å². The van der Waals surface area contributed by atoms with Crippen molar-refractivity contribution < 1.29 is 14.3 Å². The highest BCUT2D eigenvalue weighted by Gasteiger charge is 2.29. The number of cyclic esters (lactones) is 2. The number of halogens is 2. The first kappa shape index (κ1) is 8.90. The minimum atomic E-state index is -0.628. The summed E-state index contributed by atoms with van der Waals surface area (Å²) in [6.07, 6.45) is 0. The van der Waals surface area contributed by atoms with E-state index in [0.29, 0.717) is 20.1 Å². The third kappa shape index (κ3) is 1.23. The van der Waals surface area contributed by atoms with Gasteiger partial charge in [-0.15, -0.1) is 0 Å². The van der Waals surface area contributed by atoms with Gasteiger partial charge in [0.05, 0.1) is 11.1 Å². The number of hydrogen-bond donors (Lipinski definition) is 0. The van der Waals surface area contributed by atoms with Crippen LogP contribution >= 0.6 is 31.9 Å². The van der Waals surface area contributed by atoms with Gasteiger partial charge in [-0.05, 0) is 44.0 Å². The molecule has 2 bridgehead atoms. The highest BCUT2D eigenvalue weighted by molar-refractivity contribution is 9.11. The number of esters is 2. The summed E-state index contributed by atoms with van der Waals surface area (Å²) in [5, 5.41) is 0. The first-order chi connectivity index (χ1) is 6.11. The van der Waals surface area contributed by atoms with Gasteiger partial charge in [-0.2, -0.15) is 0 Å². The van der Waals surface area contributed by atoms with Gasteiger partial charge >= 0.3 is 11.9 Å². The fourth-order valence-electron chi connectivity index (χ4n) is 1.09. The zero-order valence-corrected chi connectivity index (χ0v) is 9.31. The quantitative estimate of drug-likeness (QED) is 0.546. The normalized spacial score (nSPS) is 14.3. The third-order valence-electron chi connectivity index (χ3n) is 1.70. The maximum atomic E-state index is 11.2. The average molecular weight is 306 g/mol. The highest BCUT2D eigenvalue weighted by Crippen LogP contribution is 2.33. The third-order valence-corrected chi connectivity index (χ3v) is 3.19. The second kappa shape index (κ2) is 2.92. The fourth-order valence-corrected chi connectivity index (χ4v) is 2.52. The van der Waals surface area contributed by atoms with Gasteiger partial charge in [0.2, 0.25) is 0 Å². The molecular formula is C8H2Br2O3. The molecular weight excluding hydrogens is 304 g/mol. The SMILES string of the molecule is O=C1OC(=O)c2c(Br)ccc1c2Br. The molecule has 0 aromatic heterocycles. The molecule has 2 rings (SSSR count). The minimum Gasteiger partial charge on any atom is -0.386 e. The van der Waals surface area contributed by atoms with E-state index in [1.54, 1.807) is 12.1 Å². The molecule has 0 aliphatic carbocycles. The van der Waals surface area contributed by atoms with Gasteiger partial charge < -0.3 is 4.74 Å². The number of rotatable bonds is 0. The van der Waals surface area contributed by atoms with Crippen LogP contribution in [0.15, 0.2) is 21.1 Å². The summed E-state index contributed by atoms with van der Waals surface area (Å²) >= 11 is 6.37. The van der Waals surface area contributed by atoms with Crippen LogP contribution in [0.2, 0.25) is 0 Å². The topological polar surface area (TPSA) is 43.4 Å². The summed E-state index contributed by atoms with van der Waals surface area (Å²) in [5.41, 5.74) is 0.731. The molecule has 1 aliphatic heterocycles. The zero-order chi connectivity index (χ0) is 9.59. The number of benzene rings is 1. The summed E-state index contributed by atoms with van der Waals surface area (Å²) in [4.78, 5) is 22.3. The molecule has 0 radical (unpaired) electrons. The van der Waals surface area contributed by atoms with Crippen molar-refractivity contribution >= 4 is 43.8 Å². The van der Waals surface area contributed by atoms with E-state index >= 15 is 0 Å². The van der Waals surface area contributed by atoms with Gasteiger partial charge in [0.1, 0.15) is 0 Å². The average Bonchev–Trinajstić information content (AvgIpc) is 2.01. The second-order valence-electron chi connectivity index (χ2n) is 2.46. The Hall–Kier alpha value is -0.680. The minimum absolute atomic E-state index is 0.358. The lowest BCUT2D eigenvalue weighted by Gasteiger charge is -2.14. The molecule has 3 nitrogen and oxygen atoms in total. The van der Waals surface area contributed by atoms with Gasteiger partial charge in [-0.1, -0.05) is 0 Å². The van der Waals surface area contributed by atoms with Gasteiger partial charge in [0.25, 0.3) is 0 Å². The molecule has 1 aromatic rings. The Balaban J connectivity index is 2.81. The lowest BCUT2D eigenvalue weighted by Crippen LogP contribution is -2.20. The molecule has 0 saturated carbocycles.